The number of para-hydroxylation sites is 1. The summed E-state index contributed by atoms with van der Waals surface area (Å²) in [5.41, 5.74) is 2.93. The maximum Gasteiger partial charge on any atom is 0.130 e. The quantitative estimate of drug-likeness (QED) is 0.690. The first-order valence-corrected chi connectivity index (χ1v) is 7.61. The molecule has 2 aliphatic heterocycles. The normalized spacial score (nSPS) is 36.3. The van der Waals surface area contributed by atoms with Crippen LogP contribution in [-0.4, -0.2) is 18.3 Å². The van der Waals surface area contributed by atoms with Crippen LogP contribution in [0.25, 0.3) is 0 Å². The second-order valence-electron chi connectivity index (χ2n) is 4.91. The van der Waals surface area contributed by atoms with Crippen molar-refractivity contribution in [2.45, 2.75) is 38.3 Å². The van der Waals surface area contributed by atoms with E-state index in [0.29, 0.717) is 6.04 Å². The van der Waals surface area contributed by atoms with Crippen LogP contribution in [0.15, 0.2) is 24.3 Å². The van der Waals surface area contributed by atoms with Crippen molar-refractivity contribution in [3.63, 3.8) is 0 Å². The van der Waals surface area contributed by atoms with Crippen LogP contribution in [0, 0.1) is 0 Å². The Bertz CT molecular complexity index is 422. The Balaban J connectivity index is 2.05. The lowest BCUT2D eigenvalue weighted by atomic mass is 9.91. The van der Waals surface area contributed by atoms with Gasteiger partial charge >= 0.3 is 0 Å². The molecule has 3 rings (SSSR count). The number of nitrogens with zero attached hydrogens (tertiary/aromatic N) is 1. The molecule has 0 N–H and O–H groups in total. The van der Waals surface area contributed by atoms with E-state index in [1.54, 1.807) is 0 Å². The molecule has 2 heterocycles. The first-order valence-electron chi connectivity index (χ1n) is 5.95. The number of hydrogen-bond acceptors (Lipinski definition) is 2. The first-order chi connectivity index (χ1) is 7.65. The minimum atomic E-state index is -0.452. The summed E-state index contributed by atoms with van der Waals surface area (Å²) in [5, 5.41) is 0. The summed E-state index contributed by atoms with van der Waals surface area (Å²) in [6, 6.07) is 9.31. The zero-order chi connectivity index (χ0) is 11.3. The van der Waals surface area contributed by atoms with Gasteiger partial charge in [-0.25, -0.2) is 0 Å². The Hall–Kier alpha value is -0.590. The molecule has 2 aliphatic rings. The maximum atomic E-state index is 6.21. The van der Waals surface area contributed by atoms with Gasteiger partial charge in [-0.3, -0.25) is 0 Å². The summed E-state index contributed by atoms with van der Waals surface area (Å²) in [7, 11) is -0.452. The Labute approximate surface area is 98.5 Å². The summed E-state index contributed by atoms with van der Waals surface area (Å²) in [4.78, 5) is 0. The van der Waals surface area contributed by atoms with E-state index in [1.807, 2.05) is 0 Å². The molecular weight excluding hydrogens is 217 g/mol. The van der Waals surface area contributed by atoms with Crippen molar-refractivity contribution in [1.29, 1.82) is 0 Å². The number of hydrogen-bond donors (Lipinski definition) is 0. The minimum Gasteiger partial charge on any atom is -0.331 e. The van der Waals surface area contributed by atoms with E-state index < -0.39 is 8.30 Å². The first kappa shape index (κ1) is 10.6. The topological polar surface area (TPSA) is 12.5 Å². The zero-order valence-electron chi connectivity index (χ0n) is 10.1. The molecule has 1 saturated heterocycles. The van der Waals surface area contributed by atoms with Crippen molar-refractivity contribution < 1.29 is 4.52 Å². The third kappa shape index (κ3) is 1.26. The van der Waals surface area contributed by atoms with Crippen LogP contribution in [0.1, 0.15) is 25.8 Å². The molecule has 0 bridgehead atoms. The van der Waals surface area contributed by atoms with Crippen LogP contribution in [0.5, 0.6) is 0 Å². The van der Waals surface area contributed by atoms with Crippen molar-refractivity contribution in [2.24, 2.45) is 0 Å². The monoisotopic (exact) mass is 235 g/mol. The van der Waals surface area contributed by atoms with Crippen LogP contribution in [0.4, 0.5) is 5.69 Å². The Kier molecular flexibility index (Phi) is 2.28. The van der Waals surface area contributed by atoms with Gasteiger partial charge in [0.15, 0.2) is 0 Å². The summed E-state index contributed by atoms with van der Waals surface area (Å²) in [5.74, 6) is 0. The standard InChI is InChI=1S/C13H18NOP/c1-4-13(2)12-9-10-7-5-6-8-11(10)14(12)16(3)15-13/h5-8,12H,4,9H2,1-3H3/t12?,13-,16?/m0/s1. The predicted molar refractivity (Wildman–Crippen MR) is 69.0 cm³/mol. The molecule has 0 spiro atoms. The fourth-order valence-electron chi connectivity index (χ4n) is 2.90. The SMILES string of the molecule is CC[C@]1(C)OP(C)N2c3ccccc3CC21. The van der Waals surface area contributed by atoms with Crippen LogP contribution in [0.2, 0.25) is 0 Å². The van der Waals surface area contributed by atoms with Gasteiger partial charge in [0.2, 0.25) is 0 Å². The van der Waals surface area contributed by atoms with Gasteiger partial charge in [0.25, 0.3) is 0 Å². The van der Waals surface area contributed by atoms with Crippen molar-refractivity contribution >= 4 is 14.0 Å². The maximum absolute atomic E-state index is 6.21. The molecule has 0 aliphatic carbocycles. The van der Waals surface area contributed by atoms with Crippen LogP contribution in [-0.2, 0) is 10.9 Å². The van der Waals surface area contributed by atoms with E-state index in [2.05, 4.69) is 49.4 Å². The molecule has 0 amide bonds. The number of fused-ring (bicyclic) bond motifs is 3. The van der Waals surface area contributed by atoms with E-state index in [9.17, 15) is 0 Å². The summed E-state index contributed by atoms with van der Waals surface area (Å²) in [6.45, 7) is 6.73. The zero-order valence-corrected chi connectivity index (χ0v) is 11.0. The minimum absolute atomic E-state index is 0.0411. The Morgan fingerprint density at radius 3 is 3.00 bits per heavy atom. The molecule has 1 aromatic rings. The number of benzene rings is 1. The predicted octanol–water partition coefficient (Wildman–Crippen LogP) is 3.56. The third-order valence-electron chi connectivity index (χ3n) is 4.00. The Morgan fingerprint density at radius 2 is 2.25 bits per heavy atom. The molecule has 3 heteroatoms. The van der Waals surface area contributed by atoms with E-state index >= 15 is 0 Å². The molecule has 86 valence electrons. The van der Waals surface area contributed by atoms with E-state index in [-0.39, 0.29) is 5.60 Å². The van der Waals surface area contributed by atoms with Gasteiger partial charge in [0, 0.05) is 5.69 Å². The highest BCUT2D eigenvalue weighted by atomic mass is 31.2. The average Bonchev–Trinajstić information content (AvgIpc) is 2.78. The van der Waals surface area contributed by atoms with Crippen molar-refractivity contribution in [3.05, 3.63) is 29.8 Å². The van der Waals surface area contributed by atoms with Gasteiger partial charge in [0.1, 0.15) is 8.30 Å². The Morgan fingerprint density at radius 1 is 1.50 bits per heavy atom. The van der Waals surface area contributed by atoms with E-state index in [4.69, 9.17) is 4.52 Å². The second kappa shape index (κ2) is 3.45. The third-order valence-corrected chi connectivity index (χ3v) is 5.78. The summed E-state index contributed by atoms with van der Waals surface area (Å²) >= 11 is 0. The van der Waals surface area contributed by atoms with Gasteiger partial charge in [-0.05, 0) is 38.1 Å². The van der Waals surface area contributed by atoms with E-state index in [1.165, 1.54) is 11.3 Å². The van der Waals surface area contributed by atoms with Crippen LogP contribution >= 0.6 is 8.30 Å². The van der Waals surface area contributed by atoms with Crippen molar-refractivity contribution in [2.75, 3.05) is 11.3 Å². The molecule has 2 unspecified atom stereocenters. The van der Waals surface area contributed by atoms with Crippen molar-refractivity contribution in [3.8, 4) is 0 Å². The lowest BCUT2D eigenvalue weighted by molar-refractivity contribution is 0.102. The highest BCUT2D eigenvalue weighted by molar-refractivity contribution is 7.54. The number of anilines is 1. The highest BCUT2D eigenvalue weighted by Gasteiger charge is 2.51. The molecule has 0 saturated carbocycles. The van der Waals surface area contributed by atoms with Crippen LogP contribution < -0.4 is 4.67 Å². The number of rotatable bonds is 1. The molecule has 1 aromatic carbocycles. The molecule has 0 aromatic heterocycles. The van der Waals surface area contributed by atoms with Gasteiger partial charge in [-0.2, -0.15) is 0 Å². The molecular formula is C13H18NOP. The van der Waals surface area contributed by atoms with Crippen molar-refractivity contribution in [1.82, 2.24) is 0 Å². The van der Waals surface area contributed by atoms with E-state index in [0.717, 1.165) is 12.8 Å². The van der Waals surface area contributed by atoms with Crippen LogP contribution in [0.3, 0.4) is 0 Å². The summed E-state index contributed by atoms with van der Waals surface area (Å²) in [6.07, 6.45) is 2.24. The average molecular weight is 235 g/mol. The molecule has 3 atom stereocenters. The van der Waals surface area contributed by atoms with Gasteiger partial charge in [-0.1, -0.05) is 25.1 Å². The highest BCUT2D eigenvalue weighted by Crippen LogP contribution is 2.60. The fourth-order valence-corrected chi connectivity index (χ4v) is 5.06. The largest absolute Gasteiger partial charge is 0.331 e. The summed E-state index contributed by atoms with van der Waals surface area (Å²) < 4.78 is 8.73. The van der Waals surface area contributed by atoms with Gasteiger partial charge < -0.3 is 9.19 Å². The van der Waals surface area contributed by atoms with Gasteiger partial charge in [0.05, 0.1) is 11.6 Å². The molecule has 16 heavy (non-hydrogen) atoms. The molecule has 0 radical (unpaired) electrons. The van der Waals surface area contributed by atoms with Gasteiger partial charge in [-0.15, -0.1) is 0 Å². The molecule has 1 fully saturated rings. The lowest BCUT2D eigenvalue weighted by Crippen LogP contribution is -2.40. The smallest absolute Gasteiger partial charge is 0.130 e. The molecule has 2 nitrogen and oxygen atoms in total. The fraction of sp³-hybridized carbons (Fsp3) is 0.538. The second-order valence-corrected chi connectivity index (χ2v) is 6.46. The lowest BCUT2D eigenvalue weighted by Gasteiger charge is -2.27.